The van der Waals surface area contributed by atoms with Gasteiger partial charge in [0, 0.05) is 30.9 Å². The maximum Gasteiger partial charge on any atom is 0.249 e. The summed E-state index contributed by atoms with van der Waals surface area (Å²) in [6.45, 7) is 2.41. The minimum absolute atomic E-state index is 0.00139. The molecule has 1 atom stereocenters. The van der Waals surface area contributed by atoms with Gasteiger partial charge >= 0.3 is 0 Å². The second kappa shape index (κ2) is 8.82. The van der Waals surface area contributed by atoms with E-state index in [0.29, 0.717) is 12.5 Å². The average molecular weight is 437 g/mol. The Labute approximate surface area is 186 Å². The van der Waals surface area contributed by atoms with E-state index in [1.54, 1.807) is 35.3 Å². The zero-order chi connectivity index (χ0) is 22.1. The van der Waals surface area contributed by atoms with Gasteiger partial charge in [0.1, 0.15) is 11.9 Å². The van der Waals surface area contributed by atoms with Gasteiger partial charge in [0.25, 0.3) is 0 Å². The van der Waals surface area contributed by atoms with Crippen molar-refractivity contribution in [3.8, 4) is 5.75 Å². The summed E-state index contributed by atoms with van der Waals surface area (Å²) in [6, 6.07) is 1.92. The normalized spacial score (nSPS) is 23.6. The number of methoxy groups -OCH3 is 1. The number of ether oxygens (including phenoxy) is 1. The predicted molar refractivity (Wildman–Crippen MR) is 116 cm³/mol. The van der Waals surface area contributed by atoms with Crippen LogP contribution >= 0.6 is 0 Å². The fourth-order valence-electron chi connectivity index (χ4n) is 4.94. The largest absolute Gasteiger partial charge is 0.493 e. The van der Waals surface area contributed by atoms with Gasteiger partial charge < -0.3 is 4.74 Å². The van der Waals surface area contributed by atoms with Gasteiger partial charge in [0.2, 0.25) is 5.91 Å². The molecule has 32 heavy (non-hydrogen) atoms. The molecule has 1 saturated heterocycles. The van der Waals surface area contributed by atoms with Gasteiger partial charge in [-0.25, -0.2) is 14.6 Å². The minimum Gasteiger partial charge on any atom is -0.493 e. The summed E-state index contributed by atoms with van der Waals surface area (Å²) in [5.41, 5.74) is 2.71. The third-order valence-corrected chi connectivity index (χ3v) is 6.55. The molecule has 1 aliphatic carbocycles. The van der Waals surface area contributed by atoms with Crippen molar-refractivity contribution >= 4 is 11.6 Å². The molecule has 9 heteroatoms. The van der Waals surface area contributed by atoms with E-state index < -0.39 is 0 Å². The lowest BCUT2D eigenvalue weighted by atomic mass is 9.79. The lowest BCUT2D eigenvalue weighted by Gasteiger charge is -2.31. The first-order chi connectivity index (χ1) is 15.6. The molecule has 4 heterocycles. The molecule has 1 aliphatic heterocycles. The molecule has 1 saturated carbocycles. The summed E-state index contributed by atoms with van der Waals surface area (Å²) >= 11 is 0. The predicted octanol–water partition coefficient (Wildman–Crippen LogP) is 3.09. The molecular weight excluding hydrogens is 408 g/mol. The van der Waals surface area contributed by atoms with Gasteiger partial charge in [-0.3, -0.25) is 19.6 Å². The SMILES string of the molecule is COc1cc(CC2CCC(C(=O)N3OCC[C@H]3c3cnccn3)CC2)cn2nc(C)nc12. The molecule has 168 valence electrons. The number of hydrogen-bond acceptors (Lipinski definition) is 7. The molecule has 2 aliphatic rings. The quantitative estimate of drug-likeness (QED) is 0.606. The number of rotatable bonds is 5. The van der Waals surface area contributed by atoms with Crippen molar-refractivity contribution in [3.63, 3.8) is 0 Å². The van der Waals surface area contributed by atoms with E-state index in [1.807, 2.05) is 13.1 Å². The van der Waals surface area contributed by atoms with Gasteiger partial charge in [-0.15, -0.1) is 0 Å². The number of carbonyl (C=O) groups is 1. The molecule has 9 nitrogen and oxygen atoms in total. The Bertz CT molecular complexity index is 1090. The Morgan fingerprint density at radius 2 is 2.06 bits per heavy atom. The molecule has 0 unspecified atom stereocenters. The van der Waals surface area contributed by atoms with E-state index in [1.165, 1.54) is 5.56 Å². The summed E-state index contributed by atoms with van der Waals surface area (Å²) in [6.07, 6.45) is 12.5. The highest BCUT2D eigenvalue weighted by Crippen LogP contribution is 2.36. The first-order valence-electron chi connectivity index (χ1n) is 11.2. The second-order valence-corrected chi connectivity index (χ2v) is 8.70. The van der Waals surface area contributed by atoms with Crippen molar-refractivity contribution in [1.29, 1.82) is 0 Å². The molecule has 5 rings (SSSR count). The summed E-state index contributed by atoms with van der Waals surface area (Å²) in [5.74, 6) is 2.08. The van der Waals surface area contributed by atoms with E-state index in [2.05, 4.69) is 26.1 Å². The van der Waals surface area contributed by atoms with E-state index >= 15 is 0 Å². The zero-order valence-electron chi connectivity index (χ0n) is 18.5. The Kier molecular flexibility index (Phi) is 5.73. The number of aromatic nitrogens is 5. The second-order valence-electron chi connectivity index (χ2n) is 8.70. The number of pyridine rings is 1. The third kappa shape index (κ3) is 4.04. The summed E-state index contributed by atoms with van der Waals surface area (Å²) in [4.78, 5) is 31.9. The van der Waals surface area contributed by atoms with Gasteiger partial charge in [-0.05, 0) is 56.6 Å². The van der Waals surface area contributed by atoms with Crippen LogP contribution in [0.1, 0.15) is 55.2 Å². The van der Waals surface area contributed by atoms with Gasteiger partial charge in [0.05, 0.1) is 25.6 Å². The van der Waals surface area contributed by atoms with Crippen LogP contribution < -0.4 is 4.74 Å². The summed E-state index contributed by atoms with van der Waals surface area (Å²) in [7, 11) is 1.66. The van der Waals surface area contributed by atoms with Crippen LogP contribution in [0.15, 0.2) is 30.9 Å². The van der Waals surface area contributed by atoms with Crippen LogP contribution in [0, 0.1) is 18.8 Å². The molecule has 0 bridgehead atoms. The van der Waals surface area contributed by atoms with E-state index in [9.17, 15) is 4.79 Å². The first-order valence-corrected chi connectivity index (χ1v) is 11.2. The standard InChI is InChI=1S/C23H28N6O3/c1-15-26-22-21(31-2)12-17(14-28(22)27-15)11-16-3-5-18(6-4-16)23(30)29-20(7-10-32-29)19-13-24-8-9-25-19/h8-9,12-14,16,18,20H,3-7,10-11H2,1-2H3/t16?,18?,20-/m0/s1. The van der Waals surface area contributed by atoms with Crippen LogP contribution in [0.25, 0.3) is 5.65 Å². The molecule has 3 aromatic heterocycles. The highest BCUT2D eigenvalue weighted by atomic mass is 16.7. The topological polar surface area (TPSA) is 94.7 Å². The van der Waals surface area contributed by atoms with Crippen LogP contribution in [-0.4, -0.2) is 49.3 Å². The number of fused-ring (bicyclic) bond motifs is 1. The van der Waals surface area contributed by atoms with Crippen molar-refractivity contribution in [1.82, 2.24) is 29.6 Å². The summed E-state index contributed by atoms with van der Waals surface area (Å²) < 4.78 is 7.33. The number of amides is 1. The molecule has 1 amide bonds. The summed E-state index contributed by atoms with van der Waals surface area (Å²) in [5, 5.41) is 6.00. The molecular formula is C23H28N6O3. The molecule has 0 aromatic carbocycles. The van der Waals surface area contributed by atoms with Crippen molar-refractivity contribution in [2.45, 2.75) is 51.5 Å². The van der Waals surface area contributed by atoms with Crippen molar-refractivity contribution in [2.24, 2.45) is 11.8 Å². The Morgan fingerprint density at radius 1 is 1.22 bits per heavy atom. The highest BCUT2D eigenvalue weighted by molar-refractivity contribution is 5.78. The highest BCUT2D eigenvalue weighted by Gasteiger charge is 2.38. The smallest absolute Gasteiger partial charge is 0.249 e. The monoisotopic (exact) mass is 436 g/mol. The first kappa shape index (κ1) is 20.8. The van der Waals surface area contributed by atoms with Crippen LogP contribution in [0.3, 0.4) is 0 Å². The molecule has 0 N–H and O–H groups in total. The molecule has 0 radical (unpaired) electrons. The van der Waals surface area contributed by atoms with Crippen molar-refractivity contribution in [3.05, 3.63) is 47.9 Å². The van der Waals surface area contributed by atoms with Crippen LogP contribution in [0.4, 0.5) is 0 Å². The lowest BCUT2D eigenvalue weighted by molar-refractivity contribution is -0.183. The number of carbonyl (C=O) groups excluding carboxylic acids is 1. The number of aryl methyl sites for hydroxylation is 1. The maximum absolute atomic E-state index is 13.2. The van der Waals surface area contributed by atoms with Gasteiger partial charge in [-0.1, -0.05) is 0 Å². The van der Waals surface area contributed by atoms with Crippen molar-refractivity contribution in [2.75, 3.05) is 13.7 Å². The fourth-order valence-corrected chi connectivity index (χ4v) is 4.94. The Morgan fingerprint density at radius 3 is 2.81 bits per heavy atom. The number of hydrogen-bond donors (Lipinski definition) is 0. The Hall–Kier alpha value is -3.07. The van der Waals surface area contributed by atoms with Gasteiger partial charge in [0.15, 0.2) is 11.4 Å². The molecule has 0 spiro atoms. The zero-order valence-corrected chi connectivity index (χ0v) is 18.5. The maximum atomic E-state index is 13.2. The van der Waals surface area contributed by atoms with E-state index in [0.717, 1.165) is 61.4 Å². The van der Waals surface area contributed by atoms with E-state index in [4.69, 9.17) is 9.57 Å². The molecule has 2 fully saturated rings. The fraction of sp³-hybridized carbons (Fsp3) is 0.522. The number of nitrogens with zero attached hydrogens (tertiary/aromatic N) is 6. The Balaban J connectivity index is 1.22. The number of hydroxylamine groups is 2. The minimum atomic E-state index is -0.140. The lowest BCUT2D eigenvalue weighted by Crippen LogP contribution is -2.37. The van der Waals surface area contributed by atoms with Crippen molar-refractivity contribution < 1.29 is 14.4 Å². The third-order valence-electron chi connectivity index (χ3n) is 6.55. The molecule has 3 aromatic rings. The van der Waals surface area contributed by atoms with Crippen LogP contribution in [0.2, 0.25) is 0 Å². The van der Waals surface area contributed by atoms with E-state index in [-0.39, 0.29) is 17.9 Å². The average Bonchev–Trinajstić information content (AvgIpc) is 3.45. The van der Waals surface area contributed by atoms with Crippen LogP contribution in [0.5, 0.6) is 5.75 Å². The van der Waals surface area contributed by atoms with Gasteiger partial charge in [-0.2, -0.15) is 5.10 Å². The van der Waals surface area contributed by atoms with Crippen LogP contribution in [-0.2, 0) is 16.1 Å².